The molecule has 0 aliphatic carbocycles. The molecule has 0 radical (unpaired) electrons. The molecule has 0 saturated carbocycles. The lowest BCUT2D eigenvalue weighted by Crippen LogP contribution is -2.44. The van der Waals surface area contributed by atoms with Crippen LogP contribution in [-0.2, 0) is 0 Å². The molecule has 22 heavy (non-hydrogen) atoms. The molecule has 0 spiro atoms. The average molecular weight is 343 g/mol. The van der Waals surface area contributed by atoms with Gasteiger partial charge in [0.05, 0.1) is 11.6 Å². The monoisotopic (exact) mass is 342 g/mol. The SMILES string of the molecule is CN=C(NCCOc1ccc(Cl)cn1)NCC1(C)CCCS1. The molecule has 2 rings (SSSR count). The highest BCUT2D eigenvalue weighted by molar-refractivity contribution is 8.00. The highest BCUT2D eigenvalue weighted by Gasteiger charge is 2.29. The topological polar surface area (TPSA) is 58.5 Å². The van der Waals surface area contributed by atoms with Gasteiger partial charge in [-0.2, -0.15) is 11.8 Å². The molecule has 122 valence electrons. The van der Waals surface area contributed by atoms with Crippen molar-refractivity contribution < 1.29 is 4.74 Å². The van der Waals surface area contributed by atoms with E-state index in [-0.39, 0.29) is 0 Å². The minimum atomic E-state index is 0.321. The summed E-state index contributed by atoms with van der Waals surface area (Å²) in [4.78, 5) is 8.32. The summed E-state index contributed by atoms with van der Waals surface area (Å²) >= 11 is 7.81. The number of pyridine rings is 1. The predicted octanol–water partition coefficient (Wildman–Crippen LogP) is 2.56. The molecule has 1 aromatic heterocycles. The molecule has 1 fully saturated rings. The van der Waals surface area contributed by atoms with Crippen LogP contribution in [-0.4, -0.2) is 48.2 Å². The number of halogens is 1. The van der Waals surface area contributed by atoms with Crippen molar-refractivity contribution in [3.05, 3.63) is 23.4 Å². The molecular weight excluding hydrogens is 320 g/mol. The van der Waals surface area contributed by atoms with E-state index in [1.165, 1.54) is 18.6 Å². The van der Waals surface area contributed by atoms with E-state index in [0.717, 1.165) is 12.5 Å². The first-order chi connectivity index (χ1) is 10.6. The molecule has 0 aromatic carbocycles. The van der Waals surface area contributed by atoms with E-state index in [9.17, 15) is 0 Å². The Labute approximate surface area is 141 Å². The number of ether oxygens (including phenoxy) is 1. The van der Waals surface area contributed by atoms with Crippen molar-refractivity contribution in [1.29, 1.82) is 0 Å². The molecule has 1 aliphatic rings. The maximum absolute atomic E-state index is 5.78. The second kappa shape index (κ2) is 8.48. The highest BCUT2D eigenvalue weighted by Crippen LogP contribution is 2.36. The molecule has 1 unspecified atom stereocenters. The number of nitrogens with zero attached hydrogens (tertiary/aromatic N) is 2. The number of hydrogen-bond acceptors (Lipinski definition) is 4. The summed E-state index contributed by atoms with van der Waals surface area (Å²) in [5.74, 6) is 2.64. The molecule has 2 N–H and O–H groups in total. The van der Waals surface area contributed by atoms with E-state index in [1.54, 1.807) is 25.4 Å². The highest BCUT2D eigenvalue weighted by atomic mass is 35.5. The van der Waals surface area contributed by atoms with Crippen LogP contribution in [0.1, 0.15) is 19.8 Å². The Morgan fingerprint density at radius 2 is 2.36 bits per heavy atom. The van der Waals surface area contributed by atoms with Crippen molar-refractivity contribution in [2.45, 2.75) is 24.5 Å². The lowest BCUT2D eigenvalue weighted by Gasteiger charge is -2.24. The van der Waals surface area contributed by atoms with Crippen LogP contribution in [0.4, 0.5) is 0 Å². The third kappa shape index (κ3) is 5.57. The summed E-state index contributed by atoms with van der Waals surface area (Å²) in [7, 11) is 1.78. The Bertz CT molecular complexity index is 489. The molecular formula is C15H23ClN4OS. The van der Waals surface area contributed by atoms with Gasteiger partial charge in [-0.05, 0) is 31.6 Å². The Morgan fingerprint density at radius 3 is 3.00 bits per heavy atom. The first-order valence-electron chi connectivity index (χ1n) is 7.44. The summed E-state index contributed by atoms with van der Waals surface area (Å²) in [6.07, 6.45) is 4.13. The van der Waals surface area contributed by atoms with Crippen molar-refractivity contribution in [2.75, 3.05) is 32.5 Å². The van der Waals surface area contributed by atoms with Crippen LogP contribution < -0.4 is 15.4 Å². The van der Waals surface area contributed by atoms with E-state index in [4.69, 9.17) is 16.3 Å². The third-order valence-corrected chi connectivity index (χ3v) is 5.26. The summed E-state index contributed by atoms with van der Waals surface area (Å²) in [5.41, 5.74) is 0. The first-order valence-corrected chi connectivity index (χ1v) is 8.80. The summed E-state index contributed by atoms with van der Waals surface area (Å²) in [6.45, 7) is 4.41. The van der Waals surface area contributed by atoms with Crippen LogP contribution in [0, 0.1) is 0 Å². The minimum Gasteiger partial charge on any atom is -0.476 e. The van der Waals surface area contributed by atoms with Gasteiger partial charge < -0.3 is 15.4 Å². The Hall–Kier alpha value is -1.14. The van der Waals surface area contributed by atoms with Crippen LogP contribution in [0.5, 0.6) is 5.88 Å². The van der Waals surface area contributed by atoms with Gasteiger partial charge in [0.15, 0.2) is 5.96 Å². The van der Waals surface area contributed by atoms with Gasteiger partial charge >= 0.3 is 0 Å². The molecule has 5 nitrogen and oxygen atoms in total. The number of hydrogen-bond donors (Lipinski definition) is 2. The van der Waals surface area contributed by atoms with Crippen LogP contribution >= 0.6 is 23.4 Å². The molecule has 2 heterocycles. The first kappa shape index (κ1) is 17.2. The third-order valence-electron chi connectivity index (χ3n) is 3.50. The predicted molar refractivity (Wildman–Crippen MR) is 94.2 cm³/mol. The van der Waals surface area contributed by atoms with Crippen molar-refractivity contribution in [3.63, 3.8) is 0 Å². The van der Waals surface area contributed by atoms with Crippen LogP contribution in [0.25, 0.3) is 0 Å². The van der Waals surface area contributed by atoms with Gasteiger partial charge in [0.25, 0.3) is 0 Å². The second-order valence-electron chi connectivity index (χ2n) is 5.42. The second-order valence-corrected chi connectivity index (χ2v) is 7.54. The maximum Gasteiger partial charge on any atom is 0.213 e. The Kier molecular flexibility index (Phi) is 6.64. The number of nitrogens with one attached hydrogen (secondary N) is 2. The maximum atomic E-state index is 5.78. The minimum absolute atomic E-state index is 0.321. The van der Waals surface area contributed by atoms with Gasteiger partial charge in [0.1, 0.15) is 6.61 Å². The number of aromatic nitrogens is 1. The molecule has 1 aliphatic heterocycles. The van der Waals surface area contributed by atoms with Gasteiger partial charge in [0, 0.05) is 30.6 Å². The fraction of sp³-hybridized carbons (Fsp3) is 0.600. The molecule has 1 aromatic rings. The van der Waals surface area contributed by atoms with Crippen molar-refractivity contribution >= 4 is 29.3 Å². The van der Waals surface area contributed by atoms with E-state index >= 15 is 0 Å². The standard InChI is InChI=1S/C15H23ClN4OS/c1-15(6-3-9-22-15)11-20-14(17-2)18-7-8-21-13-5-4-12(16)10-19-13/h4-5,10H,3,6-9,11H2,1-2H3,(H2,17,18,20). The van der Waals surface area contributed by atoms with Crippen molar-refractivity contribution in [3.8, 4) is 5.88 Å². The number of rotatable bonds is 6. The van der Waals surface area contributed by atoms with E-state index in [2.05, 4.69) is 27.5 Å². The smallest absolute Gasteiger partial charge is 0.213 e. The Morgan fingerprint density at radius 1 is 1.50 bits per heavy atom. The zero-order valence-corrected chi connectivity index (χ0v) is 14.6. The van der Waals surface area contributed by atoms with Crippen LogP contribution in [0.15, 0.2) is 23.3 Å². The van der Waals surface area contributed by atoms with Crippen molar-refractivity contribution in [1.82, 2.24) is 15.6 Å². The number of aliphatic imine (C=N–C) groups is 1. The number of guanidine groups is 1. The molecule has 0 bridgehead atoms. The van der Waals surface area contributed by atoms with Crippen molar-refractivity contribution in [2.24, 2.45) is 4.99 Å². The molecule has 7 heteroatoms. The van der Waals surface area contributed by atoms with Crippen LogP contribution in [0.3, 0.4) is 0 Å². The zero-order valence-electron chi connectivity index (χ0n) is 13.1. The molecule has 1 atom stereocenters. The zero-order chi connectivity index (χ0) is 15.8. The fourth-order valence-corrected chi connectivity index (χ4v) is 3.60. The molecule has 1 saturated heterocycles. The lowest BCUT2D eigenvalue weighted by molar-refractivity contribution is 0.309. The Balaban J connectivity index is 1.65. The van der Waals surface area contributed by atoms with E-state index < -0.39 is 0 Å². The quantitative estimate of drug-likeness (QED) is 0.472. The van der Waals surface area contributed by atoms with Gasteiger partial charge in [-0.3, -0.25) is 4.99 Å². The van der Waals surface area contributed by atoms with Gasteiger partial charge in [-0.25, -0.2) is 4.98 Å². The fourth-order valence-electron chi connectivity index (χ4n) is 2.24. The van der Waals surface area contributed by atoms with E-state index in [0.29, 0.717) is 28.8 Å². The van der Waals surface area contributed by atoms with Crippen LogP contribution in [0.2, 0.25) is 5.02 Å². The normalized spacial score (nSPS) is 21.7. The number of thioether (sulfide) groups is 1. The lowest BCUT2D eigenvalue weighted by atomic mass is 10.1. The van der Waals surface area contributed by atoms with Gasteiger partial charge in [-0.15, -0.1) is 0 Å². The summed E-state index contributed by atoms with van der Waals surface area (Å²) in [6, 6.07) is 3.52. The summed E-state index contributed by atoms with van der Waals surface area (Å²) in [5, 5.41) is 7.24. The molecule has 0 amide bonds. The average Bonchev–Trinajstić information content (AvgIpc) is 2.95. The summed E-state index contributed by atoms with van der Waals surface area (Å²) < 4.78 is 5.86. The van der Waals surface area contributed by atoms with E-state index in [1.807, 2.05) is 11.8 Å². The largest absolute Gasteiger partial charge is 0.476 e. The van der Waals surface area contributed by atoms with Gasteiger partial charge in [-0.1, -0.05) is 11.6 Å². The van der Waals surface area contributed by atoms with Gasteiger partial charge in [0.2, 0.25) is 5.88 Å².